The Morgan fingerprint density at radius 1 is 1.21 bits per heavy atom. The second-order valence-corrected chi connectivity index (χ2v) is 4.01. The Bertz CT molecular complexity index is 230. The maximum Gasteiger partial charge on any atom is -0.0130 e. The fourth-order valence-electron chi connectivity index (χ4n) is 2.00. The summed E-state index contributed by atoms with van der Waals surface area (Å²) >= 11 is 0. The molecule has 0 N–H and O–H groups in total. The molecule has 0 aromatic heterocycles. The van der Waals surface area contributed by atoms with Crippen molar-refractivity contribution in [2.75, 3.05) is 0 Å². The van der Waals surface area contributed by atoms with Crippen molar-refractivity contribution >= 4 is 0 Å². The summed E-state index contributed by atoms with van der Waals surface area (Å²) in [4.78, 5) is 0. The van der Waals surface area contributed by atoms with Gasteiger partial charge in [0.15, 0.2) is 0 Å². The van der Waals surface area contributed by atoms with Crippen LogP contribution in [-0.2, 0) is 0 Å². The van der Waals surface area contributed by atoms with E-state index in [9.17, 15) is 0 Å². The number of allylic oxidation sites excluding steroid dienone is 6. The second-order valence-electron chi connectivity index (χ2n) is 4.01. The van der Waals surface area contributed by atoms with E-state index in [4.69, 9.17) is 0 Å². The summed E-state index contributed by atoms with van der Waals surface area (Å²) in [6, 6.07) is 0. The molecule has 0 saturated heterocycles. The molecule has 1 unspecified atom stereocenters. The fourth-order valence-corrected chi connectivity index (χ4v) is 2.00. The molecule has 0 aromatic rings. The van der Waals surface area contributed by atoms with Crippen molar-refractivity contribution in [1.29, 1.82) is 0 Å². The summed E-state index contributed by atoms with van der Waals surface area (Å²) in [5.74, 6) is 0.808. The third-order valence-corrected chi connectivity index (χ3v) is 2.95. The van der Waals surface area contributed by atoms with Crippen LogP contribution in [0, 0.1) is 5.92 Å². The Morgan fingerprint density at radius 3 is 2.79 bits per heavy atom. The Balaban J connectivity index is 2.54. The molecule has 0 fully saturated rings. The first kappa shape index (κ1) is 11.3. The van der Waals surface area contributed by atoms with Gasteiger partial charge in [-0.2, -0.15) is 0 Å². The van der Waals surface area contributed by atoms with Gasteiger partial charge in [0.2, 0.25) is 0 Å². The van der Waals surface area contributed by atoms with Crippen molar-refractivity contribution in [3.8, 4) is 0 Å². The van der Waals surface area contributed by atoms with Crippen molar-refractivity contribution < 1.29 is 0 Å². The van der Waals surface area contributed by atoms with E-state index in [1.54, 1.807) is 5.57 Å². The summed E-state index contributed by atoms with van der Waals surface area (Å²) in [6.45, 7) is 4.58. The first-order valence-corrected chi connectivity index (χ1v) is 5.90. The Kier molecular flexibility index (Phi) is 5.36. The van der Waals surface area contributed by atoms with Gasteiger partial charge in [0.05, 0.1) is 0 Å². The van der Waals surface area contributed by atoms with Gasteiger partial charge < -0.3 is 0 Å². The topological polar surface area (TPSA) is 0 Å². The van der Waals surface area contributed by atoms with E-state index in [1.807, 2.05) is 0 Å². The largest absolute Gasteiger partial charge is 0.0805 e. The Morgan fingerprint density at radius 2 is 2.07 bits per heavy atom. The van der Waals surface area contributed by atoms with Crippen molar-refractivity contribution in [2.24, 2.45) is 5.92 Å². The highest BCUT2D eigenvalue weighted by Gasteiger charge is 2.10. The molecular formula is C14H22. The van der Waals surface area contributed by atoms with Crippen LogP contribution in [0.25, 0.3) is 0 Å². The highest BCUT2D eigenvalue weighted by atomic mass is 14.2. The molecule has 0 amide bonds. The van der Waals surface area contributed by atoms with Crippen molar-refractivity contribution in [3.63, 3.8) is 0 Å². The summed E-state index contributed by atoms with van der Waals surface area (Å²) < 4.78 is 0. The number of unbranched alkanes of at least 4 members (excludes halogenated alkanes) is 1. The van der Waals surface area contributed by atoms with Gasteiger partial charge in [-0.1, -0.05) is 62.6 Å². The molecule has 0 heterocycles. The lowest BCUT2D eigenvalue weighted by Gasteiger charge is -2.17. The van der Waals surface area contributed by atoms with Gasteiger partial charge in [0, 0.05) is 0 Å². The van der Waals surface area contributed by atoms with Gasteiger partial charge in [-0.3, -0.25) is 0 Å². The number of hydrogen-bond donors (Lipinski definition) is 0. The minimum atomic E-state index is 0.808. The first-order valence-electron chi connectivity index (χ1n) is 5.90. The number of hydrogen-bond acceptors (Lipinski definition) is 0. The van der Waals surface area contributed by atoms with E-state index in [0.29, 0.717) is 0 Å². The minimum Gasteiger partial charge on any atom is -0.0805 e. The highest BCUT2D eigenvalue weighted by molar-refractivity contribution is 5.24. The van der Waals surface area contributed by atoms with E-state index >= 15 is 0 Å². The zero-order valence-electron chi connectivity index (χ0n) is 9.50. The van der Waals surface area contributed by atoms with Gasteiger partial charge in [-0.25, -0.2) is 0 Å². The average Bonchev–Trinajstić information content (AvgIpc) is 2.48. The van der Waals surface area contributed by atoms with Gasteiger partial charge in [-0.05, 0) is 25.2 Å². The third kappa shape index (κ3) is 3.53. The molecule has 1 rings (SSSR count). The van der Waals surface area contributed by atoms with Crippen molar-refractivity contribution in [1.82, 2.24) is 0 Å². The van der Waals surface area contributed by atoms with Gasteiger partial charge >= 0.3 is 0 Å². The molecule has 0 bridgehead atoms. The van der Waals surface area contributed by atoms with Crippen LogP contribution in [0.1, 0.15) is 46.0 Å². The third-order valence-electron chi connectivity index (χ3n) is 2.95. The van der Waals surface area contributed by atoms with Crippen molar-refractivity contribution in [2.45, 2.75) is 46.0 Å². The second kappa shape index (κ2) is 6.64. The molecule has 0 heteroatoms. The molecule has 0 radical (unpaired) electrons. The quantitative estimate of drug-likeness (QED) is 0.592. The molecule has 78 valence electrons. The first-order chi connectivity index (χ1) is 6.88. The lowest BCUT2D eigenvalue weighted by Crippen LogP contribution is -2.02. The predicted molar refractivity (Wildman–Crippen MR) is 64.3 cm³/mol. The van der Waals surface area contributed by atoms with E-state index in [1.165, 1.54) is 25.7 Å². The molecule has 0 spiro atoms. The molecular weight excluding hydrogens is 168 g/mol. The zero-order chi connectivity index (χ0) is 10.2. The average molecular weight is 190 g/mol. The molecule has 0 nitrogen and oxygen atoms in total. The van der Waals surface area contributed by atoms with E-state index in [2.05, 4.69) is 44.2 Å². The summed E-state index contributed by atoms with van der Waals surface area (Å²) in [5, 5.41) is 0. The van der Waals surface area contributed by atoms with Crippen LogP contribution in [-0.4, -0.2) is 0 Å². The van der Waals surface area contributed by atoms with Crippen LogP contribution in [0.2, 0.25) is 0 Å². The fraction of sp³-hybridized carbons (Fsp3) is 0.571. The van der Waals surface area contributed by atoms with E-state index in [0.717, 1.165) is 12.3 Å². The lowest BCUT2D eigenvalue weighted by molar-refractivity contribution is 0.508. The van der Waals surface area contributed by atoms with Crippen LogP contribution in [0.4, 0.5) is 0 Å². The molecule has 1 atom stereocenters. The standard InChI is InChI=1S/C14H22/c1-3-5-10-13(4-2)14-11-8-6-7-9-12-14/h6-9,11,13H,3-5,10,12H2,1-2H3. The zero-order valence-corrected chi connectivity index (χ0v) is 9.50. The predicted octanol–water partition coefficient (Wildman–Crippen LogP) is 4.65. The van der Waals surface area contributed by atoms with Crippen LogP contribution in [0.15, 0.2) is 36.0 Å². The highest BCUT2D eigenvalue weighted by Crippen LogP contribution is 2.25. The summed E-state index contributed by atoms with van der Waals surface area (Å²) in [7, 11) is 0. The number of rotatable bonds is 5. The van der Waals surface area contributed by atoms with Gasteiger partial charge in [0.25, 0.3) is 0 Å². The van der Waals surface area contributed by atoms with Crippen LogP contribution in [0.3, 0.4) is 0 Å². The molecule has 1 aliphatic carbocycles. The molecule has 0 aromatic carbocycles. The van der Waals surface area contributed by atoms with Crippen LogP contribution in [0.5, 0.6) is 0 Å². The Hall–Kier alpha value is -0.780. The van der Waals surface area contributed by atoms with E-state index < -0.39 is 0 Å². The maximum absolute atomic E-state index is 2.31. The molecule has 0 saturated carbocycles. The maximum atomic E-state index is 2.31. The molecule has 14 heavy (non-hydrogen) atoms. The smallest absolute Gasteiger partial charge is 0.0130 e. The van der Waals surface area contributed by atoms with Crippen molar-refractivity contribution in [3.05, 3.63) is 36.0 Å². The van der Waals surface area contributed by atoms with Crippen LogP contribution < -0.4 is 0 Å². The SMILES string of the molecule is CCCCC(CC)C1=CC=CC=CC1. The van der Waals surface area contributed by atoms with Crippen LogP contribution >= 0.6 is 0 Å². The normalized spacial score (nSPS) is 17.7. The molecule has 0 aliphatic heterocycles. The Labute approximate surface area is 88.4 Å². The minimum absolute atomic E-state index is 0.808. The monoisotopic (exact) mass is 190 g/mol. The van der Waals surface area contributed by atoms with Gasteiger partial charge in [0.1, 0.15) is 0 Å². The lowest BCUT2D eigenvalue weighted by atomic mass is 9.89. The summed E-state index contributed by atoms with van der Waals surface area (Å²) in [6.07, 6.45) is 17.5. The molecule has 1 aliphatic rings. The summed E-state index contributed by atoms with van der Waals surface area (Å²) in [5.41, 5.74) is 1.62. The van der Waals surface area contributed by atoms with Gasteiger partial charge in [-0.15, -0.1) is 0 Å². The van der Waals surface area contributed by atoms with E-state index in [-0.39, 0.29) is 0 Å².